The summed E-state index contributed by atoms with van der Waals surface area (Å²) in [7, 11) is 3.06. The van der Waals surface area contributed by atoms with Gasteiger partial charge in [-0.1, -0.05) is 20.8 Å². The molecule has 0 unspecified atom stereocenters. The third-order valence-electron chi connectivity index (χ3n) is 2.51. The predicted octanol–water partition coefficient (Wildman–Crippen LogP) is 1.96. The first-order valence-corrected chi connectivity index (χ1v) is 7.00. The van der Waals surface area contributed by atoms with Crippen molar-refractivity contribution in [3.05, 3.63) is 15.6 Å². The SMILES string of the molecule is COCCNCc1nc(C(C)(C)C)c(C(=O)OC)s1. The topological polar surface area (TPSA) is 60.5 Å². The zero-order valence-electron chi connectivity index (χ0n) is 12.2. The molecule has 0 aliphatic carbocycles. The Hall–Kier alpha value is -0.980. The molecule has 1 heterocycles. The summed E-state index contributed by atoms with van der Waals surface area (Å²) in [6, 6.07) is 0. The number of ether oxygens (including phenoxy) is 2. The molecular formula is C13H22N2O3S. The van der Waals surface area contributed by atoms with Crippen molar-refractivity contribution in [1.29, 1.82) is 0 Å². The number of nitrogens with one attached hydrogen (secondary N) is 1. The molecule has 0 bridgehead atoms. The number of nitrogens with zero attached hydrogens (tertiary/aromatic N) is 1. The van der Waals surface area contributed by atoms with Gasteiger partial charge in [0.15, 0.2) is 0 Å². The molecule has 1 N–H and O–H groups in total. The first-order chi connectivity index (χ1) is 8.90. The average Bonchev–Trinajstić information content (AvgIpc) is 2.78. The molecule has 0 spiro atoms. The second-order valence-electron chi connectivity index (χ2n) is 5.20. The highest BCUT2D eigenvalue weighted by molar-refractivity contribution is 7.13. The number of rotatable bonds is 6. The molecule has 0 saturated heterocycles. The van der Waals surface area contributed by atoms with E-state index in [4.69, 9.17) is 9.47 Å². The first-order valence-electron chi connectivity index (χ1n) is 6.18. The number of hydrogen-bond donors (Lipinski definition) is 1. The average molecular weight is 286 g/mol. The molecule has 1 aromatic heterocycles. The smallest absolute Gasteiger partial charge is 0.350 e. The van der Waals surface area contributed by atoms with Crippen molar-refractivity contribution < 1.29 is 14.3 Å². The lowest BCUT2D eigenvalue weighted by atomic mass is 9.91. The molecule has 0 fully saturated rings. The fourth-order valence-corrected chi connectivity index (χ4v) is 2.71. The first kappa shape index (κ1) is 16.1. The van der Waals surface area contributed by atoms with Gasteiger partial charge in [0.25, 0.3) is 0 Å². The Labute approximate surface area is 118 Å². The summed E-state index contributed by atoms with van der Waals surface area (Å²) < 4.78 is 9.78. The van der Waals surface area contributed by atoms with Gasteiger partial charge in [-0.2, -0.15) is 0 Å². The minimum Gasteiger partial charge on any atom is -0.465 e. The van der Waals surface area contributed by atoms with E-state index in [9.17, 15) is 4.79 Å². The van der Waals surface area contributed by atoms with E-state index >= 15 is 0 Å². The number of aromatic nitrogens is 1. The monoisotopic (exact) mass is 286 g/mol. The van der Waals surface area contributed by atoms with Crippen LogP contribution in [0.2, 0.25) is 0 Å². The normalized spacial score (nSPS) is 11.6. The molecule has 0 radical (unpaired) electrons. The molecule has 0 aliphatic heterocycles. The number of carbonyl (C=O) groups is 1. The van der Waals surface area contributed by atoms with Crippen LogP contribution >= 0.6 is 11.3 Å². The fraction of sp³-hybridized carbons (Fsp3) is 0.692. The molecule has 1 aromatic rings. The summed E-state index contributed by atoms with van der Waals surface area (Å²) in [6.45, 7) is 8.16. The van der Waals surface area contributed by atoms with Crippen molar-refractivity contribution in [2.45, 2.75) is 32.7 Å². The number of thiazole rings is 1. The van der Waals surface area contributed by atoms with Crippen LogP contribution in [0.25, 0.3) is 0 Å². The number of carbonyl (C=O) groups excluding carboxylic acids is 1. The summed E-state index contributed by atoms with van der Waals surface area (Å²) >= 11 is 1.39. The van der Waals surface area contributed by atoms with E-state index in [1.165, 1.54) is 18.4 Å². The Morgan fingerprint density at radius 3 is 2.58 bits per heavy atom. The number of methoxy groups -OCH3 is 2. The van der Waals surface area contributed by atoms with E-state index in [0.29, 0.717) is 18.0 Å². The van der Waals surface area contributed by atoms with E-state index in [2.05, 4.69) is 10.3 Å². The maximum Gasteiger partial charge on any atom is 0.350 e. The van der Waals surface area contributed by atoms with E-state index in [0.717, 1.165) is 17.2 Å². The van der Waals surface area contributed by atoms with Crippen molar-refractivity contribution in [1.82, 2.24) is 10.3 Å². The van der Waals surface area contributed by atoms with E-state index in [1.807, 2.05) is 20.8 Å². The summed E-state index contributed by atoms with van der Waals surface area (Å²) in [5, 5.41) is 4.11. The number of hydrogen-bond acceptors (Lipinski definition) is 6. The molecule has 0 atom stereocenters. The molecule has 19 heavy (non-hydrogen) atoms. The van der Waals surface area contributed by atoms with Gasteiger partial charge in [0, 0.05) is 25.6 Å². The summed E-state index contributed by atoms with van der Waals surface area (Å²) in [4.78, 5) is 16.9. The minimum atomic E-state index is -0.314. The van der Waals surface area contributed by atoms with Crippen LogP contribution in [-0.2, 0) is 21.4 Å². The van der Waals surface area contributed by atoms with E-state index in [1.54, 1.807) is 7.11 Å². The lowest BCUT2D eigenvalue weighted by Crippen LogP contribution is -2.19. The summed E-state index contributed by atoms with van der Waals surface area (Å²) in [5.74, 6) is -0.314. The number of esters is 1. The van der Waals surface area contributed by atoms with Crippen molar-refractivity contribution in [2.75, 3.05) is 27.4 Å². The lowest BCUT2D eigenvalue weighted by molar-refractivity contribution is 0.0603. The van der Waals surface area contributed by atoms with Crippen LogP contribution in [0.1, 0.15) is 41.1 Å². The third kappa shape index (κ3) is 4.56. The van der Waals surface area contributed by atoms with Gasteiger partial charge in [-0.3, -0.25) is 0 Å². The maximum absolute atomic E-state index is 11.8. The highest BCUT2D eigenvalue weighted by atomic mass is 32.1. The van der Waals surface area contributed by atoms with Crippen LogP contribution in [0.5, 0.6) is 0 Å². The Kier molecular flexibility index (Phi) is 5.90. The maximum atomic E-state index is 11.8. The van der Waals surface area contributed by atoms with Crippen LogP contribution in [0, 0.1) is 0 Å². The predicted molar refractivity (Wildman–Crippen MR) is 75.7 cm³/mol. The minimum absolute atomic E-state index is 0.176. The summed E-state index contributed by atoms with van der Waals surface area (Å²) in [5.41, 5.74) is 0.623. The van der Waals surface area contributed by atoms with Gasteiger partial charge in [0.2, 0.25) is 0 Å². The quantitative estimate of drug-likeness (QED) is 0.640. The van der Waals surface area contributed by atoms with E-state index in [-0.39, 0.29) is 11.4 Å². The second-order valence-corrected chi connectivity index (χ2v) is 6.28. The van der Waals surface area contributed by atoms with Gasteiger partial charge in [-0.15, -0.1) is 11.3 Å². The standard InChI is InChI=1S/C13H22N2O3S/c1-13(2,3)11-10(12(16)18-5)19-9(15-11)8-14-6-7-17-4/h14H,6-8H2,1-5H3. The van der Waals surface area contributed by atoms with Crippen LogP contribution in [0.4, 0.5) is 0 Å². The van der Waals surface area contributed by atoms with E-state index < -0.39 is 0 Å². The van der Waals surface area contributed by atoms with Crippen LogP contribution in [0.15, 0.2) is 0 Å². The van der Waals surface area contributed by atoms with Crippen molar-refractivity contribution in [3.8, 4) is 0 Å². The Bertz CT molecular complexity index is 424. The molecule has 6 heteroatoms. The largest absolute Gasteiger partial charge is 0.465 e. The van der Waals surface area contributed by atoms with Gasteiger partial charge < -0.3 is 14.8 Å². The molecular weight excluding hydrogens is 264 g/mol. The Balaban J connectivity index is 2.85. The van der Waals surface area contributed by atoms with Gasteiger partial charge in [0.05, 0.1) is 19.4 Å². The van der Waals surface area contributed by atoms with Crippen LogP contribution in [-0.4, -0.2) is 38.3 Å². The van der Waals surface area contributed by atoms with Crippen molar-refractivity contribution in [3.63, 3.8) is 0 Å². The Morgan fingerprint density at radius 2 is 2.05 bits per heavy atom. The highest BCUT2D eigenvalue weighted by Gasteiger charge is 2.27. The van der Waals surface area contributed by atoms with Crippen molar-refractivity contribution in [2.24, 2.45) is 0 Å². The van der Waals surface area contributed by atoms with Gasteiger partial charge in [0.1, 0.15) is 9.88 Å². The summed E-state index contributed by atoms with van der Waals surface area (Å²) in [6.07, 6.45) is 0. The molecule has 5 nitrogen and oxygen atoms in total. The molecule has 1 rings (SSSR count). The molecule has 0 amide bonds. The van der Waals surface area contributed by atoms with Crippen LogP contribution < -0.4 is 5.32 Å². The van der Waals surface area contributed by atoms with Crippen LogP contribution in [0.3, 0.4) is 0 Å². The van der Waals surface area contributed by atoms with Gasteiger partial charge >= 0.3 is 5.97 Å². The fourth-order valence-electron chi connectivity index (χ4n) is 1.55. The lowest BCUT2D eigenvalue weighted by Gasteiger charge is -2.16. The third-order valence-corrected chi connectivity index (χ3v) is 3.55. The molecule has 0 aliphatic rings. The Morgan fingerprint density at radius 1 is 1.37 bits per heavy atom. The molecule has 108 valence electrons. The van der Waals surface area contributed by atoms with Gasteiger partial charge in [-0.25, -0.2) is 9.78 Å². The molecule has 0 aromatic carbocycles. The van der Waals surface area contributed by atoms with Gasteiger partial charge in [-0.05, 0) is 0 Å². The van der Waals surface area contributed by atoms with Crippen molar-refractivity contribution >= 4 is 17.3 Å². The zero-order valence-corrected chi connectivity index (χ0v) is 13.0. The highest BCUT2D eigenvalue weighted by Crippen LogP contribution is 2.30. The molecule has 0 saturated carbocycles. The zero-order chi connectivity index (χ0) is 14.5. The second kappa shape index (κ2) is 6.98.